The van der Waals surface area contributed by atoms with E-state index in [1.807, 2.05) is 12.4 Å². The van der Waals surface area contributed by atoms with Crippen LogP contribution in [0.5, 0.6) is 0 Å². The van der Waals surface area contributed by atoms with Gasteiger partial charge in [-0.15, -0.1) is 0 Å². The predicted octanol–water partition coefficient (Wildman–Crippen LogP) is 3.30. The summed E-state index contributed by atoms with van der Waals surface area (Å²) in [6.07, 6.45) is 5.16. The fourth-order valence-corrected chi connectivity index (χ4v) is 3.54. The van der Waals surface area contributed by atoms with Crippen molar-refractivity contribution in [3.05, 3.63) is 24.0 Å². The molecule has 0 aromatic carbocycles. The van der Waals surface area contributed by atoms with Gasteiger partial charge in [0, 0.05) is 59.8 Å². The van der Waals surface area contributed by atoms with Gasteiger partial charge in [0.2, 0.25) is 0 Å². The molecule has 1 N–H and O–H groups in total. The van der Waals surface area contributed by atoms with Gasteiger partial charge in [-0.2, -0.15) is 11.8 Å². The maximum Gasteiger partial charge on any atom is 0.0443 e. The molecule has 4 heteroatoms. The van der Waals surface area contributed by atoms with E-state index >= 15 is 0 Å². The third-order valence-corrected chi connectivity index (χ3v) is 5.13. The highest BCUT2D eigenvalue weighted by Gasteiger charge is 2.24. The summed E-state index contributed by atoms with van der Waals surface area (Å²) in [5.41, 5.74) is 2.66. The minimum atomic E-state index is 0.401. The molecule has 0 amide bonds. The Morgan fingerprint density at radius 1 is 1.40 bits per heavy atom. The first kappa shape index (κ1) is 15.6. The number of hydrogen-bond acceptors (Lipinski definition) is 4. The first-order chi connectivity index (χ1) is 9.48. The maximum atomic E-state index is 4.30. The SMILES string of the molecule is CC(C)NCc1cnccc1N1CCSC(C)(C)CC1. The quantitative estimate of drug-likeness (QED) is 0.922. The maximum absolute atomic E-state index is 4.30. The zero-order chi connectivity index (χ0) is 14.6. The fourth-order valence-electron chi connectivity index (χ4n) is 2.44. The fraction of sp³-hybridized carbons (Fsp3) is 0.688. The number of aromatic nitrogens is 1. The molecule has 0 spiro atoms. The highest BCUT2D eigenvalue weighted by atomic mass is 32.2. The lowest BCUT2D eigenvalue weighted by atomic mass is 10.1. The number of thioether (sulfide) groups is 1. The molecule has 0 saturated carbocycles. The van der Waals surface area contributed by atoms with Gasteiger partial charge in [0.1, 0.15) is 0 Å². The Morgan fingerprint density at radius 2 is 2.20 bits per heavy atom. The van der Waals surface area contributed by atoms with Crippen LogP contribution in [0.1, 0.15) is 39.7 Å². The van der Waals surface area contributed by atoms with E-state index in [0.717, 1.165) is 19.6 Å². The molecule has 1 fully saturated rings. The van der Waals surface area contributed by atoms with Crippen molar-refractivity contribution < 1.29 is 0 Å². The van der Waals surface area contributed by atoms with E-state index in [9.17, 15) is 0 Å². The Bertz CT molecular complexity index is 431. The first-order valence-corrected chi connectivity index (χ1v) is 8.52. The van der Waals surface area contributed by atoms with Crippen molar-refractivity contribution in [1.29, 1.82) is 0 Å². The molecule has 3 nitrogen and oxygen atoms in total. The van der Waals surface area contributed by atoms with Crippen molar-refractivity contribution in [2.24, 2.45) is 0 Å². The van der Waals surface area contributed by atoms with Crippen molar-refractivity contribution in [3.8, 4) is 0 Å². The van der Waals surface area contributed by atoms with E-state index in [2.05, 4.69) is 60.7 Å². The van der Waals surface area contributed by atoms with E-state index in [1.165, 1.54) is 23.4 Å². The van der Waals surface area contributed by atoms with Gasteiger partial charge in [-0.1, -0.05) is 27.7 Å². The smallest absolute Gasteiger partial charge is 0.0443 e. The number of pyridine rings is 1. The molecule has 1 aromatic heterocycles. The Labute approximate surface area is 127 Å². The van der Waals surface area contributed by atoms with Crippen molar-refractivity contribution in [2.75, 3.05) is 23.7 Å². The van der Waals surface area contributed by atoms with Gasteiger partial charge in [-0.3, -0.25) is 4.98 Å². The van der Waals surface area contributed by atoms with Gasteiger partial charge >= 0.3 is 0 Å². The van der Waals surface area contributed by atoms with Crippen LogP contribution >= 0.6 is 11.8 Å². The van der Waals surface area contributed by atoms with Crippen molar-refractivity contribution >= 4 is 17.4 Å². The zero-order valence-corrected chi connectivity index (χ0v) is 14.0. The van der Waals surface area contributed by atoms with Crippen molar-refractivity contribution in [3.63, 3.8) is 0 Å². The van der Waals surface area contributed by atoms with Crippen LogP contribution in [0.15, 0.2) is 18.5 Å². The Balaban J connectivity index is 2.11. The van der Waals surface area contributed by atoms with E-state index < -0.39 is 0 Å². The number of rotatable bonds is 4. The van der Waals surface area contributed by atoms with E-state index in [4.69, 9.17) is 0 Å². The molecular weight excluding hydrogens is 266 g/mol. The number of hydrogen-bond donors (Lipinski definition) is 1. The van der Waals surface area contributed by atoms with E-state index in [0.29, 0.717) is 10.8 Å². The summed E-state index contributed by atoms with van der Waals surface area (Å²) >= 11 is 2.09. The molecule has 1 aromatic rings. The van der Waals surface area contributed by atoms with Gasteiger partial charge < -0.3 is 10.2 Å². The molecule has 0 radical (unpaired) electrons. The van der Waals surface area contributed by atoms with Gasteiger partial charge in [-0.05, 0) is 12.5 Å². The van der Waals surface area contributed by atoms with Crippen LogP contribution in [0.3, 0.4) is 0 Å². The minimum Gasteiger partial charge on any atom is -0.370 e. The normalized spacial score (nSPS) is 19.1. The highest BCUT2D eigenvalue weighted by molar-refractivity contribution is 8.00. The molecule has 1 aliphatic heterocycles. The predicted molar refractivity (Wildman–Crippen MR) is 89.6 cm³/mol. The number of nitrogens with zero attached hydrogens (tertiary/aromatic N) is 2. The second-order valence-corrected chi connectivity index (χ2v) is 8.19. The molecule has 1 aliphatic rings. The van der Waals surface area contributed by atoms with Crippen LogP contribution in [-0.4, -0.2) is 34.6 Å². The van der Waals surface area contributed by atoms with Gasteiger partial charge in [0.05, 0.1) is 0 Å². The van der Waals surface area contributed by atoms with Gasteiger partial charge in [-0.25, -0.2) is 0 Å². The summed E-state index contributed by atoms with van der Waals surface area (Å²) in [5.74, 6) is 1.20. The Hall–Kier alpha value is -0.740. The Kier molecular flexibility index (Phi) is 5.33. The number of anilines is 1. The third kappa shape index (κ3) is 4.38. The number of nitrogens with one attached hydrogen (secondary N) is 1. The molecular formula is C16H27N3S. The summed E-state index contributed by atoms with van der Waals surface area (Å²) < 4.78 is 0.401. The largest absolute Gasteiger partial charge is 0.370 e. The summed E-state index contributed by atoms with van der Waals surface area (Å²) in [4.78, 5) is 6.83. The molecule has 1 saturated heterocycles. The first-order valence-electron chi connectivity index (χ1n) is 7.53. The minimum absolute atomic E-state index is 0.401. The Morgan fingerprint density at radius 3 is 2.95 bits per heavy atom. The lowest BCUT2D eigenvalue weighted by Gasteiger charge is -2.26. The summed E-state index contributed by atoms with van der Waals surface area (Å²) in [7, 11) is 0. The second-order valence-electron chi connectivity index (χ2n) is 6.39. The monoisotopic (exact) mass is 293 g/mol. The molecule has 2 rings (SSSR count). The van der Waals surface area contributed by atoms with Crippen LogP contribution in [0.25, 0.3) is 0 Å². The molecule has 2 heterocycles. The lowest BCUT2D eigenvalue weighted by molar-refractivity contribution is 0.585. The molecule has 0 bridgehead atoms. The molecule has 0 aliphatic carbocycles. The summed E-state index contributed by atoms with van der Waals surface area (Å²) in [6, 6.07) is 2.67. The second kappa shape index (κ2) is 6.81. The van der Waals surface area contributed by atoms with Crippen LogP contribution < -0.4 is 10.2 Å². The third-order valence-electron chi connectivity index (χ3n) is 3.76. The summed E-state index contributed by atoms with van der Waals surface area (Å²) in [6.45, 7) is 12.2. The van der Waals surface area contributed by atoms with Crippen LogP contribution in [0.2, 0.25) is 0 Å². The average Bonchev–Trinajstić information content (AvgIpc) is 2.58. The summed E-state index contributed by atoms with van der Waals surface area (Å²) in [5, 5.41) is 3.50. The van der Waals surface area contributed by atoms with Crippen molar-refractivity contribution in [1.82, 2.24) is 10.3 Å². The highest BCUT2D eigenvalue weighted by Crippen LogP contribution is 2.33. The van der Waals surface area contributed by atoms with E-state index in [-0.39, 0.29) is 0 Å². The molecule has 20 heavy (non-hydrogen) atoms. The van der Waals surface area contributed by atoms with Crippen LogP contribution in [-0.2, 0) is 6.54 Å². The standard InChI is InChI=1S/C16H27N3S/c1-13(2)18-12-14-11-17-7-5-15(14)19-8-6-16(3,4)20-10-9-19/h5,7,11,13,18H,6,8-10,12H2,1-4H3. The molecule has 0 atom stereocenters. The zero-order valence-electron chi connectivity index (χ0n) is 13.1. The topological polar surface area (TPSA) is 28.2 Å². The average molecular weight is 293 g/mol. The van der Waals surface area contributed by atoms with Gasteiger partial charge in [0.25, 0.3) is 0 Å². The van der Waals surface area contributed by atoms with Crippen molar-refractivity contribution in [2.45, 2.75) is 51.4 Å². The van der Waals surface area contributed by atoms with Gasteiger partial charge in [0.15, 0.2) is 0 Å². The van der Waals surface area contributed by atoms with E-state index in [1.54, 1.807) is 0 Å². The molecule has 112 valence electrons. The van der Waals surface area contributed by atoms with Crippen LogP contribution in [0, 0.1) is 0 Å². The molecule has 0 unspecified atom stereocenters. The van der Waals surface area contributed by atoms with Crippen LogP contribution in [0.4, 0.5) is 5.69 Å². The lowest BCUT2D eigenvalue weighted by Crippen LogP contribution is -2.29.